The fraction of sp³-hybridized carbons (Fsp3) is 0.316. The van der Waals surface area contributed by atoms with Gasteiger partial charge in [0.05, 0.1) is 22.8 Å². The molecule has 0 radical (unpaired) electrons. The average Bonchev–Trinajstić information content (AvgIpc) is 2.64. The molecule has 2 aromatic rings. The molecule has 144 valence electrons. The van der Waals surface area contributed by atoms with Crippen molar-refractivity contribution < 1.29 is 18.8 Å². The summed E-state index contributed by atoms with van der Waals surface area (Å²) in [5.41, 5.74) is -0.359. The Hall–Kier alpha value is -2.48. The van der Waals surface area contributed by atoms with Crippen LogP contribution in [-0.4, -0.2) is 17.4 Å². The number of unbranched alkanes of at least 4 members (excludes halogenated alkanes) is 3. The fourth-order valence-corrected chi connectivity index (χ4v) is 2.79. The van der Waals surface area contributed by atoms with Crippen LogP contribution in [0.25, 0.3) is 0 Å². The standard InChI is InChI=1S/C19H20BrFN2O4/c1-2-3-4-5-10-27-18-9-6-13(20)11-15(18)19(24)22-17-12-14(23(25)26)7-8-16(17)21/h6-9,11-12H,2-5,10H2,1H3,(H,22,24). The van der Waals surface area contributed by atoms with Gasteiger partial charge in [0.2, 0.25) is 0 Å². The zero-order valence-corrected chi connectivity index (χ0v) is 16.4. The van der Waals surface area contributed by atoms with E-state index in [9.17, 15) is 19.3 Å². The Morgan fingerprint density at radius 3 is 2.70 bits per heavy atom. The molecule has 0 aliphatic rings. The third kappa shape index (κ3) is 6.02. The first-order valence-corrected chi connectivity index (χ1v) is 9.39. The molecule has 1 amide bonds. The molecular formula is C19H20BrFN2O4. The minimum Gasteiger partial charge on any atom is -0.493 e. The Balaban J connectivity index is 2.17. The van der Waals surface area contributed by atoms with Gasteiger partial charge in [0.1, 0.15) is 11.6 Å². The quantitative estimate of drug-likeness (QED) is 0.308. The molecule has 0 aliphatic carbocycles. The van der Waals surface area contributed by atoms with E-state index >= 15 is 0 Å². The highest BCUT2D eigenvalue weighted by Gasteiger charge is 2.17. The lowest BCUT2D eigenvalue weighted by Gasteiger charge is -2.13. The van der Waals surface area contributed by atoms with Gasteiger partial charge in [-0.1, -0.05) is 42.1 Å². The monoisotopic (exact) mass is 438 g/mol. The number of nitro groups is 1. The van der Waals surface area contributed by atoms with Crippen LogP contribution in [0.3, 0.4) is 0 Å². The zero-order chi connectivity index (χ0) is 19.8. The maximum Gasteiger partial charge on any atom is 0.271 e. The van der Waals surface area contributed by atoms with E-state index in [0.717, 1.165) is 43.9 Å². The number of nitrogens with one attached hydrogen (secondary N) is 1. The number of carbonyl (C=O) groups excluding carboxylic acids is 1. The minimum absolute atomic E-state index is 0.214. The number of amides is 1. The number of nitro benzene ring substituents is 1. The highest BCUT2D eigenvalue weighted by molar-refractivity contribution is 9.10. The first-order chi connectivity index (χ1) is 12.9. The summed E-state index contributed by atoms with van der Waals surface area (Å²) in [6.45, 7) is 2.58. The second-order valence-corrected chi connectivity index (χ2v) is 6.84. The Morgan fingerprint density at radius 1 is 1.22 bits per heavy atom. The number of rotatable bonds is 9. The van der Waals surface area contributed by atoms with Crippen molar-refractivity contribution in [3.8, 4) is 5.75 Å². The fourth-order valence-electron chi connectivity index (χ4n) is 2.43. The lowest BCUT2D eigenvalue weighted by Crippen LogP contribution is -2.15. The van der Waals surface area contributed by atoms with Gasteiger partial charge in [0.15, 0.2) is 0 Å². The van der Waals surface area contributed by atoms with Crippen molar-refractivity contribution in [2.45, 2.75) is 32.6 Å². The van der Waals surface area contributed by atoms with E-state index in [2.05, 4.69) is 28.2 Å². The van der Waals surface area contributed by atoms with Gasteiger partial charge in [-0.2, -0.15) is 0 Å². The number of halogens is 2. The van der Waals surface area contributed by atoms with Crippen molar-refractivity contribution in [3.05, 3.63) is 62.4 Å². The third-order valence-electron chi connectivity index (χ3n) is 3.85. The molecule has 0 saturated heterocycles. The van der Waals surface area contributed by atoms with Gasteiger partial charge in [0.25, 0.3) is 11.6 Å². The van der Waals surface area contributed by atoms with Crippen molar-refractivity contribution >= 4 is 33.2 Å². The van der Waals surface area contributed by atoms with E-state index in [4.69, 9.17) is 4.74 Å². The average molecular weight is 439 g/mol. The van der Waals surface area contributed by atoms with E-state index < -0.39 is 16.6 Å². The molecule has 6 nitrogen and oxygen atoms in total. The maximum absolute atomic E-state index is 13.9. The topological polar surface area (TPSA) is 81.5 Å². The summed E-state index contributed by atoms with van der Waals surface area (Å²) < 4.78 is 20.3. The van der Waals surface area contributed by atoms with Gasteiger partial charge < -0.3 is 10.1 Å². The summed E-state index contributed by atoms with van der Waals surface area (Å²) in [5, 5.41) is 13.2. The zero-order valence-electron chi connectivity index (χ0n) is 14.8. The van der Waals surface area contributed by atoms with Crippen LogP contribution in [0.15, 0.2) is 40.9 Å². The second kappa shape index (κ2) is 10.0. The van der Waals surface area contributed by atoms with E-state index in [1.54, 1.807) is 18.2 Å². The molecular weight excluding hydrogens is 419 g/mol. The maximum atomic E-state index is 13.9. The summed E-state index contributed by atoms with van der Waals surface area (Å²) in [4.78, 5) is 22.8. The van der Waals surface area contributed by atoms with Crippen LogP contribution < -0.4 is 10.1 Å². The van der Waals surface area contributed by atoms with Gasteiger partial charge in [-0.3, -0.25) is 14.9 Å². The van der Waals surface area contributed by atoms with Crippen LogP contribution in [0.5, 0.6) is 5.75 Å². The normalized spacial score (nSPS) is 10.5. The number of carbonyl (C=O) groups is 1. The predicted molar refractivity (Wildman–Crippen MR) is 105 cm³/mol. The van der Waals surface area contributed by atoms with Crippen LogP contribution in [0.1, 0.15) is 43.0 Å². The van der Waals surface area contributed by atoms with Crippen molar-refractivity contribution in [2.75, 3.05) is 11.9 Å². The molecule has 0 aliphatic heterocycles. The molecule has 0 unspecified atom stereocenters. The Bertz CT molecular complexity index is 829. The van der Waals surface area contributed by atoms with Crippen LogP contribution >= 0.6 is 15.9 Å². The molecule has 0 heterocycles. The lowest BCUT2D eigenvalue weighted by molar-refractivity contribution is -0.384. The largest absolute Gasteiger partial charge is 0.493 e. The van der Waals surface area contributed by atoms with Crippen molar-refractivity contribution in [1.29, 1.82) is 0 Å². The smallest absolute Gasteiger partial charge is 0.271 e. The van der Waals surface area contributed by atoms with Crippen LogP contribution in [0.4, 0.5) is 15.8 Å². The molecule has 8 heteroatoms. The minimum atomic E-state index is -0.758. The highest BCUT2D eigenvalue weighted by Crippen LogP contribution is 2.27. The van der Waals surface area contributed by atoms with E-state index in [0.29, 0.717) is 16.8 Å². The van der Waals surface area contributed by atoms with E-state index in [1.165, 1.54) is 0 Å². The SMILES string of the molecule is CCCCCCOc1ccc(Br)cc1C(=O)Nc1cc([N+](=O)[O-])ccc1F. The van der Waals surface area contributed by atoms with Crippen molar-refractivity contribution in [1.82, 2.24) is 0 Å². The molecule has 0 spiro atoms. The molecule has 0 bridgehead atoms. The number of benzene rings is 2. The Morgan fingerprint density at radius 2 is 2.00 bits per heavy atom. The van der Waals surface area contributed by atoms with E-state index in [-0.39, 0.29) is 16.9 Å². The molecule has 27 heavy (non-hydrogen) atoms. The summed E-state index contributed by atoms with van der Waals surface area (Å²) in [7, 11) is 0. The van der Waals surface area contributed by atoms with Crippen LogP contribution in [-0.2, 0) is 0 Å². The second-order valence-electron chi connectivity index (χ2n) is 5.92. The van der Waals surface area contributed by atoms with Crippen LogP contribution in [0.2, 0.25) is 0 Å². The number of anilines is 1. The number of hydrogen-bond donors (Lipinski definition) is 1. The summed E-state index contributed by atoms with van der Waals surface area (Å²) in [6.07, 6.45) is 4.13. The van der Waals surface area contributed by atoms with Gasteiger partial charge in [0, 0.05) is 16.6 Å². The predicted octanol–water partition coefficient (Wildman–Crippen LogP) is 5.71. The van der Waals surface area contributed by atoms with Gasteiger partial charge in [-0.15, -0.1) is 0 Å². The Labute approximate surface area is 165 Å². The molecule has 0 fully saturated rings. The first-order valence-electron chi connectivity index (χ1n) is 8.60. The van der Waals surface area contributed by atoms with Crippen molar-refractivity contribution in [2.24, 2.45) is 0 Å². The molecule has 2 aromatic carbocycles. The molecule has 2 rings (SSSR count). The number of hydrogen-bond acceptors (Lipinski definition) is 4. The summed E-state index contributed by atoms with van der Waals surface area (Å²) in [5.74, 6) is -0.997. The van der Waals surface area contributed by atoms with Gasteiger partial charge >= 0.3 is 0 Å². The number of ether oxygens (including phenoxy) is 1. The highest BCUT2D eigenvalue weighted by atomic mass is 79.9. The summed E-state index contributed by atoms with van der Waals surface area (Å²) >= 11 is 3.30. The Kier molecular flexibility index (Phi) is 7.72. The van der Waals surface area contributed by atoms with Crippen LogP contribution in [0, 0.1) is 15.9 Å². The number of nitrogens with zero attached hydrogens (tertiary/aromatic N) is 1. The number of non-ortho nitro benzene ring substituents is 1. The third-order valence-corrected chi connectivity index (χ3v) is 4.34. The first kappa shape index (κ1) is 20.8. The molecule has 0 aromatic heterocycles. The summed E-state index contributed by atoms with van der Waals surface area (Å²) in [6, 6.07) is 7.92. The van der Waals surface area contributed by atoms with Crippen molar-refractivity contribution in [3.63, 3.8) is 0 Å². The lowest BCUT2D eigenvalue weighted by atomic mass is 10.1. The molecule has 1 N–H and O–H groups in total. The van der Waals surface area contributed by atoms with Gasteiger partial charge in [-0.25, -0.2) is 4.39 Å². The molecule has 0 atom stereocenters. The van der Waals surface area contributed by atoms with E-state index in [1.807, 2.05) is 0 Å². The van der Waals surface area contributed by atoms with Gasteiger partial charge in [-0.05, 0) is 30.7 Å². The molecule has 0 saturated carbocycles.